The molecular weight excluding hydrogens is 881 g/mol. The van der Waals surface area contributed by atoms with Crippen molar-refractivity contribution in [3.8, 4) is 0 Å². The summed E-state index contributed by atoms with van der Waals surface area (Å²) < 4.78 is 26.6. The number of non-ortho nitro benzene ring substituents is 2. The van der Waals surface area contributed by atoms with Gasteiger partial charge in [-0.15, -0.1) is 13.2 Å². The van der Waals surface area contributed by atoms with Gasteiger partial charge < -0.3 is 39.6 Å². The topological polar surface area (TPSA) is 291 Å². The lowest BCUT2D eigenvalue weighted by Crippen LogP contribution is -2.53. The molecule has 4 fully saturated rings. The van der Waals surface area contributed by atoms with E-state index in [9.17, 15) is 53.8 Å². The number of hydrogen-bond donors (Lipinski definition) is 3. The molecule has 67 heavy (non-hydrogen) atoms. The molecule has 0 bridgehead atoms. The second-order valence-electron chi connectivity index (χ2n) is 17.2. The number of hydrogen-bond acceptors (Lipinski definition) is 17. The lowest BCUT2D eigenvalue weighted by molar-refractivity contribution is -0.385. The Morgan fingerprint density at radius 2 is 1.19 bits per heavy atom. The van der Waals surface area contributed by atoms with Gasteiger partial charge in [-0.25, -0.2) is 24.0 Å². The zero-order valence-electron chi connectivity index (χ0n) is 37.7. The Morgan fingerprint density at radius 3 is 1.60 bits per heavy atom. The van der Waals surface area contributed by atoms with Crippen LogP contribution in [0.3, 0.4) is 0 Å². The summed E-state index contributed by atoms with van der Waals surface area (Å²) in [6.45, 7) is 16.3. The molecule has 2 aromatic rings. The molecule has 4 aliphatic rings. The van der Waals surface area contributed by atoms with Crippen LogP contribution < -0.4 is 16.0 Å². The molecule has 2 aromatic carbocycles. The van der Waals surface area contributed by atoms with Crippen molar-refractivity contribution in [1.29, 1.82) is 0 Å². The molecule has 0 spiro atoms. The van der Waals surface area contributed by atoms with Crippen LogP contribution in [0.2, 0.25) is 0 Å². The fourth-order valence-electron chi connectivity index (χ4n) is 7.66. The number of carbonyl (C=O) groups excluding carboxylic acids is 7. The Morgan fingerprint density at radius 1 is 0.746 bits per heavy atom. The van der Waals surface area contributed by atoms with E-state index in [0.717, 1.165) is 0 Å². The summed E-state index contributed by atoms with van der Waals surface area (Å²) in [5.41, 5.74) is -3.23. The molecule has 8 atom stereocenters. The van der Waals surface area contributed by atoms with Gasteiger partial charge in [0.05, 0.1) is 46.8 Å². The minimum absolute atomic E-state index is 0.0402. The Balaban J connectivity index is 0.000000256. The van der Waals surface area contributed by atoms with Crippen LogP contribution in [0.5, 0.6) is 0 Å². The zero-order valence-corrected chi connectivity index (χ0v) is 37.7. The number of benzene rings is 2. The van der Waals surface area contributed by atoms with Crippen molar-refractivity contribution >= 4 is 53.2 Å². The van der Waals surface area contributed by atoms with E-state index in [1.54, 1.807) is 46.8 Å². The number of nitro benzene ring substituents is 2. The van der Waals surface area contributed by atoms with Gasteiger partial charge in [0, 0.05) is 55.5 Å². The van der Waals surface area contributed by atoms with E-state index >= 15 is 0 Å². The van der Waals surface area contributed by atoms with Crippen LogP contribution >= 0.6 is 0 Å². The Hall–Kier alpha value is -7.23. The van der Waals surface area contributed by atoms with Crippen molar-refractivity contribution < 1.29 is 67.1 Å². The predicted molar refractivity (Wildman–Crippen MR) is 234 cm³/mol. The lowest BCUT2D eigenvalue weighted by Gasteiger charge is -2.28. The average Bonchev–Trinajstić information content (AvgIpc) is 4.04. The van der Waals surface area contributed by atoms with Crippen LogP contribution in [0.15, 0.2) is 73.8 Å². The minimum Gasteiger partial charge on any atom is -0.464 e. The Kier molecular flexibility index (Phi) is 15.9. The average molecular weight is 935 g/mol. The maximum absolute atomic E-state index is 13.3. The second-order valence-corrected chi connectivity index (χ2v) is 17.2. The number of ether oxygens (including phenoxy) is 5. The highest BCUT2D eigenvalue weighted by Crippen LogP contribution is 2.46. The van der Waals surface area contributed by atoms with Crippen LogP contribution in [0.25, 0.3) is 0 Å². The fraction of sp³-hybridized carbons (Fsp3) is 0.489. The van der Waals surface area contributed by atoms with Crippen LogP contribution in [-0.4, -0.2) is 124 Å². The van der Waals surface area contributed by atoms with Crippen LogP contribution in [-0.2, 0) is 42.9 Å². The van der Waals surface area contributed by atoms with Crippen molar-refractivity contribution in [1.82, 2.24) is 20.9 Å². The highest BCUT2D eigenvalue weighted by molar-refractivity contribution is 5.96. The van der Waals surface area contributed by atoms with E-state index < -0.39 is 86.7 Å². The summed E-state index contributed by atoms with van der Waals surface area (Å²) in [6.07, 6.45) is 1.95. The predicted octanol–water partition coefficient (Wildman–Crippen LogP) is 3.86. The van der Waals surface area contributed by atoms with Gasteiger partial charge in [-0.1, -0.05) is 12.2 Å². The van der Waals surface area contributed by atoms with Gasteiger partial charge in [0.1, 0.15) is 34.9 Å². The van der Waals surface area contributed by atoms with Gasteiger partial charge in [-0.3, -0.25) is 34.7 Å². The van der Waals surface area contributed by atoms with Crippen molar-refractivity contribution in [2.75, 3.05) is 26.3 Å². The number of rotatable bonds is 16. The molecule has 2 saturated heterocycles. The first-order valence-corrected chi connectivity index (χ1v) is 21.5. The number of carbonyl (C=O) groups is 7. The first kappa shape index (κ1) is 50.8. The van der Waals surface area contributed by atoms with E-state index in [1.807, 2.05) is 0 Å². The van der Waals surface area contributed by atoms with Gasteiger partial charge in [0.2, 0.25) is 11.8 Å². The summed E-state index contributed by atoms with van der Waals surface area (Å²) in [7, 11) is 0. The number of nitrogens with one attached hydrogen (secondary N) is 3. The molecular formula is C45H54N6O16. The van der Waals surface area contributed by atoms with Gasteiger partial charge in [-0.2, -0.15) is 0 Å². The number of nitro groups is 2. The minimum atomic E-state index is -1.26. The molecule has 0 unspecified atom stereocenters. The molecule has 3 N–H and O–H groups in total. The van der Waals surface area contributed by atoms with Gasteiger partial charge in [-0.05, 0) is 71.7 Å². The summed E-state index contributed by atoms with van der Waals surface area (Å²) in [4.78, 5) is 110. The molecule has 3 amide bonds. The quantitative estimate of drug-likeness (QED) is 0.0708. The molecule has 2 heterocycles. The fourth-order valence-corrected chi connectivity index (χ4v) is 7.66. The number of likely N-dealkylation sites (tertiary alicyclic amines) is 1. The first-order valence-electron chi connectivity index (χ1n) is 21.5. The molecule has 360 valence electrons. The Bertz CT molecular complexity index is 2280. The lowest BCUT2D eigenvalue weighted by atomic mass is 10.1. The summed E-state index contributed by atoms with van der Waals surface area (Å²) in [5, 5.41) is 30.0. The van der Waals surface area contributed by atoms with E-state index in [-0.39, 0.29) is 79.4 Å². The standard InChI is InChI=1S/C25H31N3O9.C20H23N3O7/c1-6-16-13-25(16,22(31)35-7-2)26-20(29)19-12-18(14-27(19)23(32)37-24(3,4)5)36-21(30)15-8-10-17(11-9-15)28(33)34;1-3-13-10-20(13,19(26)29-4-2)22-17(24)16-9-15(11-21-16)30-18(25)12-5-7-14(8-6-12)23(27)28/h6,8-11,16,18-19H,1,7,12-14H2,2-5H3,(H,26,29);3,5-8,13,15-16,21H,1,4,9-11H2,2H3,(H,22,24)/t16-,18+,19+,25-;13-,15+,16+,20-/m11/s1. The van der Waals surface area contributed by atoms with Gasteiger partial charge >= 0.3 is 30.0 Å². The SMILES string of the molecule is C=C[C@@H]1C[C@]1(NC(=O)[C@@H]1C[C@H](OC(=O)c2ccc([N+](=O)[O-])cc2)CN1)C(=O)OCC.C=C[C@@H]1C[C@]1(NC(=O)[C@@H]1C[C@H](OC(=O)c2ccc([N+](=O)[O-])cc2)CN1C(=O)OC(C)(C)C)C(=O)OCC. The van der Waals surface area contributed by atoms with Crippen LogP contribution in [0, 0.1) is 32.1 Å². The van der Waals surface area contributed by atoms with E-state index in [1.165, 1.54) is 53.4 Å². The van der Waals surface area contributed by atoms with E-state index in [0.29, 0.717) is 12.8 Å². The highest BCUT2D eigenvalue weighted by atomic mass is 16.6. The largest absolute Gasteiger partial charge is 0.464 e. The third-order valence-corrected chi connectivity index (χ3v) is 11.3. The molecule has 2 aliphatic carbocycles. The van der Waals surface area contributed by atoms with Gasteiger partial charge in [0.25, 0.3) is 11.4 Å². The second kappa shape index (κ2) is 20.9. The first-order chi connectivity index (χ1) is 31.6. The molecule has 0 radical (unpaired) electrons. The molecule has 22 heteroatoms. The highest BCUT2D eigenvalue weighted by Gasteiger charge is 2.63. The van der Waals surface area contributed by atoms with Crippen LogP contribution in [0.1, 0.15) is 81.0 Å². The molecule has 2 saturated carbocycles. The Labute approximate surface area is 385 Å². The van der Waals surface area contributed by atoms with Crippen molar-refractivity contribution in [3.63, 3.8) is 0 Å². The summed E-state index contributed by atoms with van der Waals surface area (Å²) >= 11 is 0. The maximum Gasteiger partial charge on any atom is 0.411 e. The van der Waals surface area contributed by atoms with E-state index in [2.05, 4.69) is 29.1 Å². The zero-order chi connectivity index (χ0) is 49.4. The van der Waals surface area contributed by atoms with Crippen LogP contribution in [0.4, 0.5) is 16.2 Å². The third kappa shape index (κ3) is 12.2. The summed E-state index contributed by atoms with van der Waals surface area (Å²) in [6, 6.07) is 8.24. The van der Waals surface area contributed by atoms with Gasteiger partial charge in [0.15, 0.2) is 0 Å². The van der Waals surface area contributed by atoms with Crippen molar-refractivity contribution in [3.05, 3.63) is 105 Å². The molecule has 6 rings (SSSR count). The molecule has 2 aliphatic heterocycles. The smallest absolute Gasteiger partial charge is 0.411 e. The van der Waals surface area contributed by atoms with E-state index in [4.69, 9.17) is 23.7 Å². The molecule has 22 nitrogen and oxygen atoms in total. The normalized spacial score (nSPS) is 25.7. The third-order valence-electron chi connectivity index (χ3n) is 11.3. The summed E-state index contributed by atoms with van der Waals surface area (Å²) in [5.74, 6) is -3.95. The monoisotopic (exact) mass is 934 g/mol. The maximum atomic E-state index is 13.3. The molecule has 0 aromatic heterocycles. The van der Waals surface area contributed by atoms with Crippen molar-refractivity contribution in [2.24, 2.45) is 11.8 Å². The number of esters is 4. The number of amides is 3. The van der Waals surface area contributed by atoms with Crippen molar-refractivity contribution in [2.45, 2.75) is 101 Å². The number of nitrogens with zero attached hydrogens (tertiary/aromatic N) is 3.